The first-order valence-electron chi connectivity index (χ1n) is 8.61. The molecule has 1 amide bonds. The largest absolute Gasteiger partial charge is 0.481 e. The number of hydrogen-bond donors (Lipinski definition) is 1. The Hall–Kier alpha value is -1.06. The molecule has 0 aliphatic heterocycles. The maximum atomic E-state index is 12.6. The summed E-state index contributed by atoms with van der Waals surface area (Å²) < 4.78 is 0. The first-order chi connectivity index (χ1) is 10.1. The highest BCUT2D eigenvalue weighted by molar-refractivity contribution is 5.81. The number of aliphatic carboxylic acids is 1. The lowest BCUT2D eigenvalue weighted by molar-refractivity contribution is -0.141. The topological polar surface area (TPSA) is 57.6 Å². The van der Waals surface area contributed by atoms with Gasteiger partial charge in [0.05, 0.1) is 5.92 Å². The van der Waals surface area contributed by atoms with E-state index < -0.39 is 5.97 Å². The zero-order valence-electron chi connectivity index (χ0n) is 13.6. The van der Waals surface area contributed by atoms with Gasteiger partial charge in [-0.3, -0.25) is 9.59 Å². The van der Waals surface area contributed by atoms with E-state index >= 15 is 0 Å². The summed E-state index contributed by atoms with van der Waals surface area (Å²) in [4.78, 5) is 25.7. The number of carbonyl (C=O) groups is 2. The number of amides is 1. The minimum atomic E-state index is -0.742. The second-order valence-electron chi connectivity index (χ2n) is 6.28. The Kier molecular flexibility index (Phi) is 8.40. The zero-order chi connectivity index (χ0) is 15.7. The summed E-state index contributed by atoms with van der Waals surface area (Å²) in [6, 6.07) is 0. The van der Waals surface area contributed by atoms with Gasteiger partial charge in [-0.25, -0.2) is 0 Å². The van der Waals surface area contributed by atoms with Gasteiger partial charge in [0, 0.05) is 19.0 Å². The van der Waals surface area contributed by atoms with Crippen molar-refractivity contribution in [1.29, 1.82) is 0 Å². The Bertz CT molecular complexity index is 320. The van der Waals surface area contributed by atoms with E-state index in [1.165, 1.54) is 0 Å². The second-order valence-corrected chi connectivity index (χ2v) is 6.28. The summed E-state index contributed by atoms with van der Waals surface area (Å²) in [6.07, 6.45) is 8.67. The molecular formula is C17H31NO3. The highest BCUT2D eigenvalue weighted by Gasteiger charge is 2.35. The third kappa shape index (κ3) is 6.06. The molecule has 0 spiro atoms. The lowest BCUT2D eigenvalue weighted by atomic mass is 10.0. The molecule has 0 aromatic rings. The third-order valence-electron chi connectivity index (χ3n) is 4.51. The molecule has 0 radical (unpaired) electrons. The van der Waals surface area contributed by atoms with Gasteiger partial charge in [0.1, 0.15) is 0 Å². The molecule has 2 atom stereocenters. The van der Waals surface area contributed by atoms with Crippen LogP contribution >= 0.6 is 0 Å². The Balaban J connectivity index is 2.50. The van der Waals surface area contributed by atoms with Crippen LogP contribution in [0.15, 0.2) is 0 Å². The van der Waals surface area contributed by atoms with Gasteiger partial charge in [-0.05, 0) is 32.1 Å². The molecular weight excluding hydrogens is 266 g/mol. The van der Waals surface area contributed by atoms with Crippen molar-refractivity contribution in [1.82, 2.24) is 4.90 Å². The molecule has 1 aliphatic rings. The SMILES string of the molecule is CCCCCN(CCCCC)C(=O)C1CCC(C(=O)O)C1. The van der Waals surface area contributed by atoms with E-state index in [0.717, 1.165) is 58.0 Å². The van der Waals surface area contributed by atoms with Gasteiger partial charge in [-0.1, -0.05) is 39.5 Å². The highest BCUT2D eigenvalue weighted by atomic mass is 16.4. The van der Waals surface area contributed by atoms with E-state index in [2.05, 4.69) is 13.8 Å². The maximum Gasteiger partial charge on any atom is 0.306 e. The standard InChI is InChI=1S/C17H31NO3/c1-3-5-7-11-18(12-8-6-4-2)16(19)14-9-10-15(13-14)17(20)21/h14-15H,3-13H2,1-2H3,(H,20,21). The van der Waals surface area contributed by atoms with Crippen LogP contribution in [0, 0.1) is 11.8 Å². The summed E-state index contributed by atoms with van der Waals surface area (Å²) in [6.45, 7) is 6.00. The molecule has 1 rings (SSSR count). The molecule has 4 nitrogen and oxygen atoms in total. The molecule has 1 saturated carbocycles. The van der Waals surface area contributed by atoms with E-state index in [-0.39, 0.29) is 17.7 Å². The van der Waals surface area contributed by atoms with Crippen LogP contribution in [0.25, 0.3) is 0 Å². The summed E-state index contributed by atoms with van der Waals surface area (Å²) >= 11 is 0. The average molecular weight is 297 g/mol. The van der Waals surface area contributed by atoms with Crippen molar-refractivity contribution >= 4 is 11.9 Å². The van der Waals surface area contributed by atoms with E-state index in [0.29, 0.717) is 12.8 Å². The quantitative estimate of drug-likeness (QED) is 0.626. The molecule has 0 bridgehead atoms. The third-order valence-corrected chi connectivity index (χ3v) is 4.51. The van der Waals surface area contributed by atoms with Crippen molar-refractivity contribution in [2.24, 2.45) is 11.8 Å². The molecule has 0 saturated heterocycles. The Morgan fingerprint density at radius 2 is 1.48 bits per heavy atom. The van der Waals surface area contributed by atoms with Crippen LogP contribution in [-0.4, -0.2) is 35.0 Å². The first-order valence-corrected chi connectivity index (χ1v) is 8.61. The van der Waals surface area contributed by atoms with Gasteiger partial charge in [0.15, 0.2) is 0 Å². The van der Waals surface area contributed by atoms with Crippen LogP contribution < -0.4 is 0 Å². The van der Waals surface area contributed by atoms with Gasteiger partial charge in [-0.2, -0.15) is 0 Å². The molecule has 2 unspecified atom stereocenters. The summed E-state index contributed by atoms with van der Waals surface area (Å²) in [5.74, 6) is -0.916. The summed E-state index contributed by atoms with van der Waals surface area (Å²) in [5, 5.41) is 9.07. The number of unbranched alkanes of at least 4 members (excludes halogenated alkanes) is 4. The lowest BCUT2D eigenvalue weighted by Gasteiger charge is -2.26. The van der Waals surface area contributed by atoms with E-state index in [9.17, 15) is 9.59 Å². The molecule has 1 aliphatic carbocycles. The fourth-order valence-electron chi connectivity index (χ4n) is 3.13. The number of nitrogens with zero attached hydrogens (tertiary/aromatic N) is 1. The number of carbonyl (C=O) groups excluding carboxylic acids is 1. The minimum absolute atomic E-state index is 0.0608. The van der Waals surface area contributed by atoms with Crippen LogP contribution in [0.4, 0.5) is 0 Å². The van der Waals surface area contributed by atoms with Crippen molar-refractivity contribution in [2.45, 2.75) is 71.6 Å². The maximum absolute atomic E-state index is 12.6. The monoisotopic (exact) mass is 297 g/mol. The van der Waals surface area contributed by atoms with Crippen LogP contribution in [0.2, 0.25) is 0 Å². The predicted octanol–water partition coefficient (Wildman–Crippen LogP) is 3.70. The van der Waals surface area contributed by atoms with Crippen molar-refractivity contribution in [3.63, 3.8) is 0 Å². The minimum Gasteiger partial charge on any atom is -0.481 e. The smallest absolute Gasteiger partial charge is 0.306 e. The number of hydrogen-bond acceptors (Lipinski definition) is 2. The molecule has 4 heteroatoms. The summed E-state index contributed by atoms with van der Waals surface area (Å²) in [5.41, 5.74) is 0. The van der Waals surface area contributed by atoms with Gasteiger partial charge >= 0.3 is 5.97 Å². The highest BCUT2D eigenvalue weighted by Crippen LogP contribution is 2.32. The van der Waals surface area contributed by atoms with Crippen molar-refractivity contribution in [3.05, 3.63) is 0 Å². The fraction of sp³-hybridized carbons (Fsp3) is 0.882. The van der Waals surface area contributed by atoms with Gasteiger partial charge in [0.2, 0.25) is 5.91 Å². The first kappa shape index (κ1) is 18.0. The van der Waals surface area contributed by atoms with Crippen LogP contribution in [0.1, 0.15) is 71.6 Å². The Labute approximate surface area is 128 Å². The molecule has 1 fully saturated rings. The lowest BCUT2D eigenvalue weighted by Crippen LogP contribution is -2.37. The van der Waals surface area contributed by atoms with Crippen LogP contribution in [-0.2, 0) is 9.59 Å². The molecule has 122 valence electrons. The predicted molar refractivity (Wildman–Crippen MR) is 84.1 cm³/mol. The molecule has 21 heavy (non-hydrogen) atoms. The molecule has 0 heterocycles. The molecule has 0 aromatic heterocycles. The number of rotatable bonds is 10. The van der Waals surface area contributed by atoms with E-state index in [1.807, 2.05) is 4.90 Å². The van der Waals surface area contributed by atoms with E-state index in [4.69, 9.17) is 5.11 Å². The van der Waals surface area contributed by atoms with Gasteiger partial charge < -0.3 is 10.0 Å². The fourth-order valence-corrected chi connectivity index (χ4v) is 3.13. The second kappa shape index (κ2) is 9.80. The Morgan fingerprint density at radius 1 is 0.952 bits per heavy atom. The Morgan fingerprint density at radius 3 is 1.90 bits per heavy atom. The van der Waals surface area contributed by atoms with Crippen molar-refractivity contribution < 1.29 is 14.7 Å². The van der Waals surface area contributed by atoms with Gasteiger partial charge in [0.25, 0.3) is 0 Å². The van der Waals surface area contributed by atoms with Gasteiger partial charge in [-0.15, -0.1) is 0 Å². The number of carboxylic acids is 1. The summed E-state index contributed by atoms with van der Waals surface area (Å²) in [7, 11) is 0. The average Bonchev–Trinajstić information content (AvgIpc) is 2.95. The zero-order valence-corrected chi connectivity index (χ0v) is 13.6. The van der Waals surface area contributed by atoms with Crippen molar-refractivity contribution in [2.75, 3.05) is 13.1 Å². The van der Waals surface area contributed by atoms with Crippen LogP contribution in [0.5, 0.6) is 0 Å². The van der Waals surface area contributed by atoms with Crippen LogP contribution in [0.3, 0.4) is 0 Å². The van der Waals surface area contributed by atoms with E-state index in [1.54, 1.807) is 0 Å². The normalized spacial score (nSPS) is 21.4. The molecule has 0 aromatic carbocycles. The number of carboxylic acid groups (broad SMARTS) is 1. The molecule has 1 N–H and O–H groups in total. The van der Waals surface area contributed by atoms with Crippen molar-refractivity contribution in [3.8, 4) is 0 Å².